The third-order valence-electron chi connectivity index (χ3n) is 3.57. The van der Waals surface area contributed by atoms with E-state index in [-0.39, 0.29) is 24.4 Å². The second-order valence-corrected chi connectivity index (χ2v) is 6.33. The van der Waals surface area contributed by atoms with E-state index in [1.54, 1.807) is 0 Å². The van der Waals surface area contributed by atoms with Crippen LogP contribution in [0, 0.1) is 9.49 Å². The molecule has 1 saturated heterocycles. The molecular formula is C14H21ClIN3O. The van der Waals surface area contributed by atoms with Crippen LogP contribution in [0.15, 0.2) is 24.3 Å². The zero-order chi connectivity index (χ0) is 13.8. The lowest BCUT2D eigenvalue weighted by atomic mass is 10.0. The number of halogens is 2. The Hall–Kier alpha value is -0.370. The summed E-state index contributed by atoms with van der Waals surface area (Å²) in [5.74, 6) is 0.569. The van der Waals surface area contributed by atoms with Crippen molar-refractivity contribution < 1.29 is 4.79 Å². The smallest absolute Gasteiger partial charge is 0.238 e. The minimum atomic E-state index is 0. The molecule has 112 valence electrons. The van der Waals surface area contributed by atoms with Crippen molar-refractivity contribution in [3.63, 3.8) is 0 Å². The summed E-state index contributed by atoms with van der Waals surface area (Å²) in [6.45, 7) is 4.39. The van der Waals surface area contributed by atoms with Crippen LogP contribution >= 0.6 is 35.0 Å². The number of nitrogens with one attached hydrogen (secondary N) is 1. The van der Waals surface area contributed by atoms with Crippen LogP contribution in [-0.4, -0.2) is 36.5 Å². The number of carbonyl (C=O) groups is 1. The van der Waals surface area contributed by atoms with Gasteiger partial charge in [0.25, 0.3) is 0 Å². The molecule has 1 heterocycles. The van der Waals surface area contributed by atoms with Crippen LogP contribution < -0.4 is 11.1 Å². The van der Waals surface area contributed by atoms with E-state index in [2.05, 4.69) is 32.8 Å². The van der Waals surface area contributed by atoms with Crippen LogP contribution in [0.1, 0.15) is 13.3 Å². The molecule has 1 fully saturated rings. The summed E-state index contributed by atoms with van der Waals surface area (Å²) in [5.41, 5.74) is 6.79. The molecule has 2 rings (SSSR count). The van der Waals surface area contributed by atoms with Crippen LogP contribution in [0.4, 0.5) is 5.69 Å². The number of hydrogen-bond donors (Lipinski definition) is 2. The van der Waals surface area contributed by atoms with E-state index < -0.39 is 0 Å². The SMILES string of the molecule is CC(N)C1CCN(CC(=O)Nc2ccccc2I)C1.Cl. The van der Waals surface area contributed by atoms with Gasteiger partial charge in [-0.05, 0) is 60.5 Å². The summed E-state index contributed by atoms with van der Waals surface area (Å²) < 4.78 is 1.06. The molecule has 1 aromatic rings. The normalized spacial score (nSPS) is 20.2. The van der Waals surface area contributed by atoms with E-state index in [1.165, 1.54) is 0 Å². The second kappa shape index (κ2) is 8.17. The minimum absolute atomic E-state index is 0. The average molecular weight is 410 g/mol. The zero-order valence-electron chi connectivity index (χ0n) is 11.5. The summed E-state index contributed by atoms with van der Waals surface area (Å²) in [7, 11) is 0. The lowest BCUT2D eigenvalue weighted by Crippen LogP contribution is -2.34. The first-order valence-electron chi connectivity index (χ1n) is 6.58. The summed E-state index contributed by atoms with van der Waals surface area (Å²) in [6, 6.07) is 8.01. The quantitative estimate of drug-likeness (QED) is 0.751. The highest BCUT2D eigenvalue weighted by Gasteiger charge is 2.26. The Morgan fingerprint density at radius 1 is 1.55 bits per heavy atom. The van der Waals surface area contributed by atoms with Crippen molar-refractivity contribution in [1.29, 1.82) is 0 Å². The number of para-hydroxylation sites is 1. The van der Waals surface area contributed by atoms with Crippen LogP contribution in [0.2, 0.25) is 0 Å². The van der Waals surface area contributed by atoms with Crippen LogP contribution in [0.25, 0.3) is 0 Å². The van der Waals surface area contributed by atoms with Crippen molar-refractivity contribution in [2.45, 2.75) is 19.4 Å². The van der Waals surface area contributed by atoms with Crippen molar-refractivity contribution in [3.8, 4) is 0 Å². The number of likely N-dealkylation sites (tertiary alicyclic amines) is 1. The van der Waals surface area contributed by atoms with Gasteiger partial charge in [-0.25, -0.2) is 0 Å². The highest BCUT2D eigenvalue weighted by atomic mass is 127. The molecule has 20 heavy (non-hydrogen) atoms. The third kappa shape index (κ3) is 4.87. The lowest BCUT2D eigenvalue weighted by molar-refractivity contribution is -0.117. The molecule has 0 bridgehead atoms. The number of hydrogen-bond acceptors (Lipinski definition) is 3. The number of nitrogens with zero attached hydrogens (tertiary/aromatic N) is 1. The zero-order valence-corrected chi connectivity index (χ0v) is 14.5. The van der Waals surface area contributed by atoms with E-state index in [0.29, 0.717) is 12.5 Å². The summed E-state index contributed by atoms with van der Waals surface area (Å²) in [6.07, 6.45) is 1.09. The summed E-state index contributed by atoms with van der Waals surface area (Å²) in [4.78, 5) is 14.2. The molecule has 1 aliphatic heterocycles. The lowest BCUT2D eigenvalue weighted by Gasteiger charge is -2.17. The first-order valence-corrected chi connectivity index (χ1v) is 7.66. The predicted molar refractivity (Wildman–Crippen MR) is 93.2 cm³/mol. The first-order chi connectivity index (χ1) is 9.06. The number of rotatable bonds is 4. The van der Waals surface area contributed by atoms with Gasteiger partial charge in [-0.15, -0.1) is 12.4 Å². The van der Waals surface area contributed by atoms with Gasteiger partial charge in [0.15, 0.2) is 0 Å². The molecule has 0 saturated carbocycles. The van der Waals surface area contributed by atoms with Gasteiger partial charge in [-0.2, -0.15) is 0 Å². The van der Waals surface area contributed by atoms with Crippen molar-refractivity contribution in [2.75, 3.05) is 25.0 Å². The van der Waals surface area contributed by atoms with E-state index in [9.17, 15) is 4.79 Å². The molecule has 1 amide bonds. The van der Waals surface area contributed by atoms with E-state index in [4.69, 9.17) is 5.73 Å². The summed E-state index contributed by atoms with van der Waals surface area (Å²) in [5, 5.41) is 2.96. The van der Waals surface area contributed by atoms with E-state index >= 15 is 0 Å². The number of nitrogens with two attached hydrogens (primary N) is 1. The van der Waals surface area contributed by atoms with Crippen LogP contribution in [0.5, 0.6) is 0 Å². The van der Waals surface area contributed by atoms with Gasteiger partial charge in [0.1, 0.15) is 0 Å². The van der Waals surface area contributed by atoms with E-state index in [1.807, 2.05) is 31.2 Å². The Bertz CT molecular complexity index is 456. The third-order valence-corrected chi connectivity index (χ3v) is 4.51. The highest BCUT2D eigenvalue weighted by molar-refractivity contribution is 14.1. The first kappa shape index (κ1) is 17.7. The number of benzene rings is 1. The molecule has 0 spiro atoms. The van der Waals surface area contributed by atoms with Gasteiger partial charge in [0, 0.05) is 16.2 Å². The Kier molecular flexibility index (Phi) is 7.22. The summed E-state index contributed by atoms with van der Waals surface area (Å²) >= 11 is 2.23. The van der Waals surface area contributed by atoms with Crippen molar-refractivity contribution in [3.05, 3.63) is 27.8 Å². The molecule has 1 aliphatic rings. The van der Waals surface area contributed by atoms with Gasteiger partial charge in [0.05, 0.1) is 12.2 Å². The fourth-order valence-electron chi connectivity index (χ4n) is 2.39. The van der Waals surface area contributed by atoms with Crippen molar-refractivity contribution in [2.24, 2.45) is 11.7 Å². The van der Waals surface area contributed by atoms with Crippen molar-refractivity contribution in [1.82, 2.24) is 4.90 Å². The molecule has 6 heteroatoms. The number of amides is 1. The Labute approximate surface area is 140 Å². The fourth-order valence-corrected chi connectivity index (χ4v) is 2.91. The molecule has 4 nitrogen and oxygen atoms in total. The topological polar surface area (TPSA) is 58.4 Å². The maximum Gasteiger partial charge on any atom is 0.238 e. The molecular weight excluding hydrogens is 389 g/mol. The maximum absolute atomic E-state index is 12.0. The van der Waals surface area contributed by atoms with Crippen LogP contribution in [0.3, 0.4) is 0 Å². The molecule has 1 aromatic carbocycles. The largest absolute Gasteiger partial charge is 0.328 e. The molecule has 3 N–H and O–H groups in total. The number of anilines is 1. The molecule has 2 unspecified atom stereocenters. The molecule has 2 atom stereocenters. The molecule has 0 aliphatic carbocycles. The Morgan fingerprint density at radius 2 is 2.25 bits per heavy atom. The highest BCUT2D eigenvalue weighted by Crippen LogP contribution is 2.19. The van der Waals surface area contributed by atoms with Gasteiger partial charge >= 0.3 is 0 Å². The van der Waals surface area contributed by atoms with Gasteiger partial charge in [0.2, 0.25) is 5.91 Å². The maximum atomic E-state index is 12.0. The average Bonchev–Trinajstić information content (AvgIpc) is 2.80. The molecule has 0 radical (unpaired) electrons. The second-order valence-electron chi connectivity index (χ2n) is 5.17. The fraction of sp³-hybridized carbons (Fsp3) is 0.500. The number of carbonyl (C=O) groups excluding carboxylic acids is 1. The van der Waals surface area contributed by atoms with Gasteiger partial charge in [-0.3, -0.25) is 9.69 Å². The predicted octanol–water partition coefficient (Wildman–Crippen LogP) is 2.32. The monoisotopic (exact) mass is 409 g/mol. The standard InChI is InChI=1S/C14H20IN3O.ClH/c1-10(16)11-6-7-18(8-11)9-14(19)17-13-5-3-2-4-12(13)15;/h2-5,10-11H,6-9,16H2,1H3,(H,17,19);1H. The van der Waals surface area contributed by atoms with Gasteiger partial charge < -0.3 is 11.1 Å². The Morgan fingerprint density at radius 3 is 2.85 bits per heavy atom. The van der Waals surface area contributed by atoms with Crippen molar-refractivity contribution >= 4 is 46.6 Å². The van der Waals surface area contributed by atoms with Gasteiger partial charge in [-0.1, -0.05) is 12.1 Å². The molecule has 0 aromatic heterocycles. The Balaban J connectivity index is 0.00000200. The van der Waals surface area contributed by atoms with Crippen LogP contribution in [-0.2, 0) is 4.79 Å². The van der Waals surface area contributed by atoms with E-state index in [0.717, 1.165) is 28.8 Å². The minimum Gasteiger partial charge on any atom is -0.328 e.